The lowest BCUT2D eigenvalue weighted by atomic mass is 10.1. The molecular formula is C20H28F3N3O3S. The smallest absolute Gasteiger partial charge is 0.419 e. The Morgan fingerprint density at radius 1 is 1.10 bits per heavy atom. The monoisotopic (exact) mass is 447 g/mol. The molecule has 0 saturated heterocycles. The maximum atomic E-state index is 13.6. The van der Waals surface area contributed by atoms with Crippen molar-refractivity contribution in [3.63, 3.8) is 0 Å². The SMILES string of the molecule is CCCOCCCCCOc1ccc(-c2nnc([C@@](C)(N)CO)s2)cc1C(F)(F)F. The summed E-state index contributed by atoms with van der Waals surface area (Å²) in [6.07, 6.45) is -1.29. The van der Waals surface area contributed by atoms with E-state index in [0.29, 0.717) is 23.0 Å². The predicted octanol–water partition coefficient (Wildman–Crippen LogP) is 4.37. The number of ether oxygens (including phenoxy) is 2. The predicted molar refractivity (Wildman–Crippen MR) is 109 cm³/mol. The molecule has 1 atom stereocenters. The fourth-order valence-corrected chi connectivity index (χ4v) is 3.45. The number of hydrogen-bond donors (Lipinski definition) is 2. The molecule has 30 heavy (non-hydrogen) atoms. The van der Waals surface area contributed by atoms with Crippen molar-refractivity contribution in [3.8, 4) is 16.3 Å². The molecule has 0 aliphatic carbocycles. The van der Waals surface area contributed by atoms with Gasteiger partial charge in [-0.1, -0.05) is 18.3 Å². The van der Waals surface area contributed by atoms with E-state index in [-0.39, 0.29) is 24.5 Å². The first-order valence-electron chi connectivity index (χ1n) is 9.85. The normalized spacial score (nSPS) is 14.0. The van der Waals surface area contributed by atoms with E-state index in [9.17, 15) is 18.3 Å². The minimum Gasteiger partial charge on any atom is -0.493 e. The van der Waals surface area contributed by atoms with Crippen LogP contribution in [0, 0.1) is 0 Å². The van der Waals surface area contributed by atoms with Crippen molar-refractivity contribution in [3.05, 3.63) is 28.8 Å². The number of halogens is 3. The lowest BCUT2D eigenvalue weighted by Crippen LogP contribution is -2.36. The number of aliphatic hydroxyl groups is 1. The lowest BCUT2D eigenvalue weighted by Gasteiger charge is -2.17. The Balaban J connectivity index is 2.05. The van der Waals surface area contributed by atoms with Gasteiger partial charge in [-0.15, -0.1) is 10.2 Å². The zero-order valence-electron chi connectivity index (χ0n) is 17.2. The van der Waals surface area contributed by atoms with E-state index >= 15 is 0 Å². The largest absolute Gasteiger partial charge is 0.493 e. The van der Waals surface area contributed by atoms with Crippen molar-refractivity contribution < 1.29 is 27.8 Å². The van der Waals surface area contributed by atoms with Gasteiger partial charge in [0, 0.05) is 18.8 Å². The molecule has 0 fully saturated rings. The van der Waals surface area contributed by atoms with Gasteiger partial charge in [0.1, 0.15) is 15.8 Å². The molecular weight excluding hydrogens is 419 g/mol. The molecule has 1 aromatic carbocycles. The molecule has 2 aromatic rings. The molecule has 1 aromatic heterocycles. The zero-order valence-corrected chi connectivity index (χ0v) is 18.0. The summed E-state index contributed by atoms with van der Waals surface area (Å²) in [6.45, 7) is 4.82. The highest BCUT2D eigenvalue weighted by atomic mass is 32.1. The van der Waals surface area contributed by atoms with E-state index in [1.807, 2.05) is 6.92 Å². The summed E-state index contributed by atoms with van der Waals surface area (Å²) in [6, 6.07) is 3.82. The Labute approximate surface area is 178 Å². The molecule has 3 N–H and O–H groups in total. The van der Waals surface area contributed by atoms with E-state index in [4.69, 9.17) is 15.2 Å². The molecule has 0 aliphatic heterocycles. The summed E-state index contributed by atoms with van der Waals surface area (Å²) < 4.78 is 51.5. The number of hydrogen-bond acceptors (Lipinski definition) is 7. The third kappa shape index (κ3) is 6.90. The van der Waals surface area contributed by atoms with Crippen LogP contribution < -0.4 is 10.5 Å². The van der Waals surface area contributed by atoms with Crippen molar-refractivity contribution in [2.75, 3.05) is 26.4 Å². The minimum absolute atomic E-state index is 0.196. The van der Waals surface area contributed by atoms with Gasteiger partial charge in [-0.3, -0.25) is 0 Å². The lowest BCUT2D eigenvalue weighted by molar-refractivity contribution is -0.138. The highest BCUT2D eigenvalue weighted by Crippen LogP contribution is 2.39. The number of alkyl halides is 3. The average Bonchev–Trinajstić information content (AvgIpc) is 3.20. The number of rotatable bonds is 12. The van der Waals surface area contributed by atoms with Crippen LogP contribution in [0.25, 0.3) is 10.6 Å². The van der Waals surface area contributed by atoms with Crippen LogP contribution in [0.5, 0.6) is 5.75 Å². The van der Waals surface area contributed by atoms with E-state index in [0.717, 1.165) is 43.3 Å². The van der Waals surface area contributed by atoms with Crippen LogP contribution in [-0.4, -0.2) is 41.7 Å². The Morgan fingerprint density at radius 2 is 1.83 bits per heavy atom. The molecule has 1 heterocycles. The van der Waals surface area contributed by atoms with Gasteiger partial charge in [-0.25, -0.2) is 0 Å². The topological polar surface area (TPSA) is 90.5 Å². The summed E-state index contributed by atoms with van der Waals surface area (Å²) in [4.78, 5) is 0. The first kappa shape index (κ1) is 24.5. The second-order valence-corrected chi connectivity index (χ2v) is 8.20. The van der Waals surface area contributed by atoms with Crippen LogP contribution in [-0.2, 0) is 16.5 Å². The Hall–Kier alpha value is -1.75. The van der Waals surface area contributed by atoms with Crippen LogP contribution >= 0.6 is 11.3 Å². The van der Waals surface area contributed by atoms with Crippen LogP contribution in [0.2, 0.25) is 0 Å². The molecule has 10 heteroatoms. The maximum Gasteiger partial charge on any atom is 0.419 e. The molecule has 0 bridgehead atoms. The number of aromatic nitrogens is 2. The highest BCUT2D eigenvalue weighted by molar-refractivity contribution is 7.14. The number of nitrogens with two attached hydrogens (primary N) is 1. The third-order valence-corrected chi connectivity index (χ3v) is 5.56. The molecule has 0 unspecified atom stereocenters. The van der Waals surface area contributed by atoms with Crippen molar-refractivity contribution in [2.45, 2.75) is 51.2 Å². The van der Waals surface area contributed by atoms with Crippen LogP contribution in [0.3, 0.4) is 0 Å². The number of unbranched alkanes of at least 4 members (excludes halogenated alkanes) is 2. The molecule has 0 amide bonds. The fourth-order valence-electron chi connectivity index (χ4n) is 2.56. The molecule has 0 spiro atoms. The van der Waals surface area contributed by atoms with Crippen LogP contribution in [0.1, 0.15) is 50.1 Å². The number of benzene rings is 1. The van der Waals surface area contributed by atoms with E-state index < -0.39 is 17.3 Å². The summed E-state index contributed by atoms with van der Waals surface area (Å²) in [5, 5.41) is 17.8. The van der Waals surface area contributed by atoms with Gasteiger partial charge in [0.05, 0.1) is 24.3 Å². The quantitative estimate of drug-likeness (QED) is 0.470. The van der Waals surface area contributed by atoms with E-state index in [2.05, 4.69) is 10.2 Å². The first-order valence-corrected chi connectivity index (χ1v) is 10.7. The highest BCUT2D eigenvalue weighted by Gasteiger charge is 2.35. The van der Waals surface area contributed by atoms with Gasteiger partial charge >= 0.3 is 6.18 Å². The third-order valence-electron chi connectivity index (χ3n) is 4.31. The first-order chi connectivity index (χ1) is 14.2. The maximum absolute atomic E-state index is 13.6. The van der Waals surface area contributed by atoms with Crippen molar-refractivity contribution in [2.24, 2.45) is 5.73 Å². The average molecular weight is 448 g/mol. The molecule has 0 saturated carbocycles. The summed E-state index contributed by atoms with van der Waals surface area (Å²) in [5.41, 5.74) is 4.22. The molecule has 2 rings (SSSR count). The van der Waals surface area contributed by atoms with Gasteiger partial charge in [0.2, 0.25) is 0 Å². The van der Waals surface area contributed by atoms with Gasteiger partial charge in [0.15, 0.2) is 0 Å². The summed E-state index contributed by atoms with van der Waals surface area (Å²) >= 11 is 1.05. The summed E-state index contributed by atoms with van der Waals surface area (Å²) in [5.74, 6) is -0.211. The fraction of sp³-hybridized carbons (Fsp3) is 0.600. The second-order valence-electron chi connectivity index (χ2n) is 7.22. The van der Waals surface area contributed by atoms with Crippen LogP contribution in [0.15, 0.2) is 18.2 Å². The van der Waals surface area contributed by atoms with Crippen LogP contribution in [0.4, 0.5) is 13.2 Å². The van der Waals surface area contributed by atoms with E-state index in [1.165, 1.54) is 12.1 Å². The Morgan fingerprint density at radius 3 is 2.50 bits per heavy atom. The van der Waals surface area contributed by atoms with Crippen molar-refractivity contribution in [1.29, 1.82) is 0 Å². The minimum atomic E-state index is -4.57. The van der Waals surface area contributed by atoms with Crippen molar-refractivity contribution in [1.82, 2.24) is 10.2 Å². The van der Waals surface area contributed by atoms with Crippen molar-refractivity contribution >= 4 is 11.3 Å². The van der Waals surface area contributed by atoms with Gasteiger partial charge in [-0.05, 0) is 50.8 Å². The van der Waals surface area contributed by atoms with Gasteiger partial charge < -0.3 is 20.3 Å². The van der Waals surface area contributed by atoms with Gasteiger partial charge in [-0.2, -0.15) is 13.2 Å². The second kappa shape index (κ2) is 11.0. The Bertz CT molecular complexity index is 797. The number of nitrogens with zero attached hydrogens (tertiary/aromatic N) is 2. The van der Waals surface area contributed by atoms with Gasteiger partial charge in [0.25, 0.3) is 0 Å². The standard InChI is InChI=1S/C20H28F3N3O3S/c1-3-9-28-10-5-4-6-11-29-16-8-7-14(12-15(16)20(21,22)23)17-25-26-18(30-17)19(2,24)13-27/h7-8,12,27H,3-6,9-11,13,24H2,1-2H3/t19-/m0/s1. The number of aliphatic hydroxyl groups excluding tert-OH is 1. The molecule has 168 valence electrons. The molecule has 0 aliphatic rings. The van der Waals surface area contributed by atoms with E-state index in [1.54, 1.807) is 6.92 Å². The Kier molecular flexibility index (Phi) is 9.02. The zero-order chi connectivity index (χ0) is 22.2. The molecule has 6 nitrogen and oxygen atoms in total. The summed E-state index contributed by atoms with van der Waals surface area (Å²) in [7, 11) is 0. The molecule has 0 radical (unpaired) electrons.